The average Bonchev–Trinajstić information content (AvgIpc) is 2.43. The molecule has 0 bridgehead atoms. The number of nitrogens with zero attached hydrogens (tertiary/aromatic N) is 1. The van der Waals surface area contributed by atoms with E-state index in [0.29, 0.717) is 26.2 Å². The number of methoxy groups -OCH3 is 1. The fourth-order valence-corrected chi connectivity index (χ4v) is 1.73. The van der Waals surface area contributed by atoms with E-state index in [1.54, 1.807) is 4.90 Å². The van der Waals surface area contributed by atoms with Gasteiger partial charge in [-0.3, -0.25) is 4.79 Å². The average molecular weight is 273 g/mol. The van der Waals surface area contributed by atoms with E-state index >= 15 is 0 Å². The maximum atomic E-state index is 11.8. The van der Waals surface area contributed by atoms with E-state index in [9.17, 15) is 14.4 Å². The van der Waals surface area contributed by atoms with Crippen LogP contribution in [-0.2, 0) is 14.3 Å². The number of ether oxygens (including phenoxy) is 1. The molecule has 8 heteroatoms. The van der Waals surface area contributed by atoms with Gasteiger partial charge >= 0.3 is 18.0 Å². The minimum atomic E-state index is -1.16. The van der Waals surface area contributed by atoms with Crippen molar-refractivity contribution in [1.29, 1.82) is 0 Å². The Labute approximate surface area is 111 Å². The topological polar surface area (TPSA) is 108 Å². The maximum Gasteiger partial charge on any atom is 0.326 e. The van der Waals surface area contributed by atoms with Crippen LogP contribution in [0.15, 0.2) is 0 Å². The van der Waals surface area contributed by atoms with E-state index in [0.717, 1.165) is 0 Å². The quantitative estimate of drug-likeness (QED) is 0.555. The number of amides is 2. The highest BCUT2D eigenvalue weighted by Crippen LogP contribution is 2.02. The first-order valence-electron chi connectivity index (χ1n) is 6.10. The van der Waals surface area contributed by atoms with E-state index in [-0.39, 0.29) is 12.8 Å². The Bertz CT molecular complexity index is 341. The molecule has 0 aromatic rings. The molecule has 19 heavy (non-hydrogen) atoms. The minimum absolute atomic E-state index is 0.0137. The highest BCUT2D eigenvalue weighted by atomic mass is 16.5. The van der Waals surface area contributed by atoms with Crippen molar-refractivity contribution in [1.82, 2.24) is 15.5 Å². The highest BCUT2D eigenvalue weighted by Gasteiger charge is 2.24. The Hall–Kier alpha value is -1.83. The number of urea groups is 1. The SMILES string of the molecule is COC(=O)CC[C@H](NC(=O)N1CCNCC1)C(=O)O. The molecular weight excluding hydrogens is 254 g/mol. The largest absolute Gasteiger partial charge is 0.480 e. The third-order valence-electron chi connectivity index (χ3n) is 2.86. The molecule has 108 valence electrons. The zero-order valence-electron chi connectivity index (χ0n) is 10.8. The van der Waals surface area contributed by atoms with Crippen LogP contribution in [0.1, 0.15) is 12.8 Å². The van der Waals surface area contributed by atoms with Gasteiger partial charge < -0.3 is 25.4 Å². The van der Waals surface area contributed by atoms with Crippen LogP contribution in [0, 0.1) is 0 Å². The van der Waals surface area contributed by atoms with Gasteiger partial charge in [0.25, 0.3) is 0 Å². The molecular formula is C11H19N3O5. The molecule has 0 spiro atoms. The van der Waals surface area contributed by atoms with Gasteiger partial charge in [-0.2, -0.15) is 0 Å². The molecule has 1 fully saturated rings. The van der Waals surface area contributed by atoms with Gasteiger partial charge in [-0.1, -0.05) is 0 Å². The molecule has 8 nitrogen and oxygen atoms in total. The van der Waals surface area contributed by atoms with Crippen LogP contribution < -0.4 is 10.6 Å². The molecule has 0 aromatic heterocycles. The molecule has 1 heterocycles. The van der Waals surface area contributed by atoms with Crippen molar-refractivity contribution >= 4 is 18.0 Å². The lowest BCUT2D eigenvalue weighted by molar-refractivity contribution is -0.142. The van der Waals surface area contributed by atoms with Gasteiger partial charge in [-0.25, -0.2) is 9.59 Å². The van der Waals surface area contributed by atoms with E-state index in [1.165, 1.54) is 7.11 Å². The second-order valence-corrected chi connectivity index (χ2v) is 4.19. The Morgan fingerprint density at radius 3 is 2.53 bits per heavy atom. The summed E-state index contributed by atoms with van der Waals surface area (Å²) < 4.78 is 4.44. The van der Waals surface area contributed by atoms with Crippen LogP contribution in [-0.4, -0.2) is 67.3 Å². The summed E-state index contributed by atoms with van der Waals surface area (Å²) in [4.78, 5) is 35.4. The highest BCUT2D eigenvalue weighted by molar-refractivity contribution is 5.83. The maximum absolute atomic E-state index is 11.8. The van der Waals surface area contributed by atoms with E-state index in [1.807, 2.05) is 0 Å². The Morgan fingerprint density at radius 2 is 2.00 bits per heavy atom. The Balaban J connectivity index is 2.45. The molecule has 0 aliphatic carbocycles. The number of aliphatic carboxylic acids is 1. The molecule has 1 aliphatic rings. The van der Waals surface area contributed by atoms with Crippen LogP contribution in [0.4, 0.5) is 4.79 Å². The van der Waals surface area contributed by atoms with Crippen LogP contribution >= 0.6 is 0 Å². The van der Waals surface area contributed by atoms with Gasteiger partial charge in [-0.15, -0.1) is 0 Å². The number of nitrogens with one attached hydrogen (secondary N) is 2. The summed E-state index contributed by atoms with van der Waals surface area (Å²) in [6, 6.07) is -1.50. The van der Waals surface area contributed by atoms with Gasteiger partial charge in [-0.05, 0) is 6.42 Å². The number of hydrogen-bond acceptors (Lipinski definition) is 5. The summed E-state index contributed by atoms with van der Waals surface area (Å²) in [6.07, 6.45) is -0.0326. The zero-order chi connectivity index (χ0) is 14.3. The Kier molecular flexibility index (Phi) is 6.07. The fourth-order valence-electron chi connectivity index (χ4n) is 1.73. The number of carboxylic acids is 1. The predicted molar refractivity (Wildman–Crippen MR) is 65.6 cm³/mol. The fraction of sp³-hybridized carbons (Fsp3) is 0.727. The van der Waals surface area contributed by atoms with Crippen molar-refractivity contribution in [3.8, 4) is 0 Å². The van der Waals surface area contributed by atoms with Crippen molar-refractivity contribution < 1.29 is 24.2 Å². The minimum Gasteiger partial charge on any atom is -0.480 e. The standard InChI is InChI=1S/C11H19N3O5/c1-19-9(15)3-2-8(10(16)17)13-11(18)14-6-4-12-5-7-14/h8,12H,2-7H2,1H3,(H,13,18)(H,16,17)/t8-/m0/s1. The van der Waals surface area contributed by atoms with Gasteiger partial charge in [0.05, 0.1) is 7.11 Å². The zero-order valence-corrected chi connectivity index (χ0v) is 10.8. The molecule has 1 saturated heterocycles. The molecule has 0 saturated carbocycles. The summed E-state index contributed by atoms with van der Waals surface area (Å²) in [7, 11) is 1.23. The molecule has 1 aliphatic heterocycles. The lowest BCUT2D eigenvalue weighted by Crippen LogP contribution is -2.53. The van der Waals surface area contributed by atoms with Crippen molar-refractivity contribution in [3.05, 3.63) is 0 Å². The number of carbonyl (C=O) groups excluding carboxylic acids is 2. The first-order chi connectivity index (χ1) is 9.04. The van der Waals surface area contributed by atoms with Crippen LogP contribution in [0.25, 0.3) is 0 Å². The third kappa shape index (κ3) is 5.12. The van der Waals surface area contributed by atoms with Gasteiger partial charge in [0, 0.05) is 32.6 Å². The summed E-state index contributed by atoms with van der Waals surface area (Å²) in [5, 5.41) is 14.5. The first-order valence-corrected chi connectivity index (χ1v) is 6.10. The third-order valence-corrected chi connectivity index (χ3v) is 2.86. The second-order valence-electron chi connectivity index (χ2n) is 4.19. The van der Waals surface area contributed by atoms with Gasteiger partial charge in [0.2, 0.25) is 0 Å². The smallest absolute Gasteiger partial charge is 0.326 e. The van der Waals surface area contributed by atoms with Crippen molar-refractivity contribution in [2.75, 3.05) is 33.3 Å². The molecule has 1 atom stereocenters. The summed E-state index contributed by atoms with van der Waals surface area (Å²) >= 11 is 0. The lowest BCUT2D eigenvalue weighted by atomic mass is 10.1. The Morgan fingerprint density at radius 1 is 1.37 bits per heavy atom. The molecule has 0 radical (unpaired) electrons. The van der Waals surface area contributed by atoms with Crippen LogP contribution in [0.2, 0.25) is 0 Å². The normalized spacial score (nSPS) is 16.6. The van der Waals surface area contributed by atoms with Crippen molar-refractivity contribution in [2.45, 2.75) is 18.9 Å². The molecule has 3 N–H and O–H groups in total. The first kappa shape index (κ1) is 15.2. The summed E-state index contributed by atoms with van der Waals surface area (Å²) in [5.41, 5.74) is 0. The molecule has 1 rings (SSSR count). The summed E-state index contributed by atoms with van der Waals surface area (Å²) in [6.45, 7) is 2.45. The number of carbonyl (C=O) groups is 3. The van der Waals surface area contributed by atoms with Gasteiger partial charge in [0.15, 0.2) is 0 Å². The molecule has 0 aromatic carbocycles. The number of esters is 1. The van der Waals surface area contributed by atoms with Crippen molar-refractivity contribution in [2.24, 2.45) is 0 Å². The number of piperazine rings is 1. The molecule has 0 unspecified atom stereocenters. The second kappa shape index (κ2) is 7.57. The van der Waals surface area contributed by atoms with E-state index in [4.69, 9.17) is 5.11 Å². The lowest BCUT2D eigenvalue weighted by Gasteiger charge is -2.28. The number of carboxylic acid groups (broad SMARTS) is 1. The van der Waals surface area contributed by atoms with E-state index < -0.39 is 24.0 Å². The molecule has 2 amide bonds. The number of rotatable bonds is 5. The van der Waals surface area contributed by atoms with E-state index in [2.05, 4.69) is 15.4 Å². The van der Waals surface area contributed by atoms with Crippen LogP contribution in [0.3, 0.4) is 0 Å². The number of hydrogen-bond donors (Lipinski definition) is 3. The van der Waals surface area contributed by atoms with Crippen molar-refractivity contribution in [3.63, 3.8) is 0 Å². The predicted octanol–water partition coefficient (Wildman–Crippen LogP) is -0.992. The summed E-state index contributed by atoms with van der Waals surface area (Å²) in [5.74, 6) is -1.66. The monoisotopic (exact) mass is 273 g/mol. The van der Waals surface area contributed by atoms with Crippen LogP contribution in [0.5, 0.6) is 0 Å². The van der Waals surface area contributed by atoms with Gasteiger partial charge in [0.1, 0.15) is 6.04 Å².